The Labute approximate surface area is 123 Å². The summed E-state index contributed by atoms with van der Waals surface area (Å²) >= 11 is 5.80. The molecule has 0 aliphatic rings. The van der Waals surface area contributed by atoms with Gasteiger partial charge < -0.3 is 13.9 Å². The van der Waals surface area contributed by atoms with Crippen LogP contribution in [-0.4, -0.2) is 19.2 Å². The minimum absolute atomic E-state index is 0.280. The van der Waals surface area contributed by atoms with Gasteiger partial charge in [0.1, 0.15) is 17.2 Å². The summed E-state index contributed by atoms with van der Waals surface area (Å²) in [5.41, 5.74) is 1.77. The minimum atomic E-state index is 0.280. The number of ether oxygens (including phenoxy) is 2. The van der Waals surface area contributed by atoms with Crippen molar-refractivity contribution in [2.45, 2.75) is 12.5 Å². The first-order chi connectivity index (χ1) is 9.76. The van der Waals surface area contributed by atoms with Crippen LogP contribution >= 0.6 is 11.6 Å². The van der Waals surface area contributed by atoms with Crippen molar-refractivity contribution in [1.82, 2.24) is 4.98 Å². The molecule has 0 unspecified atom stereocenters. The molecule has 0 atom stereocenters. The molecule has 20 heavy (non-hydrogen) atoms. The van der Waals surface area contributed by atoms with Gasteiger partial charge in [-0.05, 0) is 23.8 Å². The molecule has 2 rings (SSSR count). The van der Waals surface area contributed by atoms with Crippen molar-refractivity contribution < 1.29 is 13.9 Å². The summed E-state index contributed by atoms with van der Waals surface area (Å²) in [6.45, 7) is 0.391. The number of rotatable bonds is 6. The predicted molar refractivity (Wildman–Crippen MR) is 78.7 cm³/mol. The Kier molecular flexibility index (Phi) is 5.21. The highest BCUT2D eigenvalue weighted by molar-refractivity contribution is 6.16. The molecule has 5 heteroatoms. The lowest BCUT2D eigenvalue weighted by atomic mass is 10.2. The van der Waals surface area contributed by atoms with Gasteiger partial charge in [0, 0.05) is 13.2 Å². The molecular formula is C15H16ClNO3. The highest BCUT2D eigenvalue weighted by Crippen LogP contribution is 2.18. The number of halogens is 1. The van der Waals surface area contributed by atoms with Crippen LogP contribution in [0, 0.1) is 0 Å². The maximum Gasteiger partial charge on any atom is 0.219 e. The fourth-order valence-corrected chi connectivity index (χ4v) is 1.92. The Balaban J connectivity index is 2.13. The number of nitrogens with zero attached hydrogens (tertiary/aromatic N) is 1. The van der Waals surface area contributed by atoms with Gasteiger partial charge in [-0.1, -0.05) is 12.1 Å². The van der Waals surface area contributed by atoms with Crippen LogP contribution in [-0.2, 0) is 17.2 Å². The maximum absolute atomic E-state index is 5.80. The first-order valence-corrected chi connectivity index (χ1v) is 6.66. The molecule has 4 nitrogen and oxygen atoms in total. The lowest BCUT2D eigenvalue weighted by Gasteiger charge is -1.98. The lowest BCUT2D eigenvalue weighted by Crippen LogP contribution is -1.91. The van der Waals surface area contributed by atoms with E-state index in [1.165, 1.54) is 0 Å². The number of aromatic nitrogens is 1. The van der Waals surface area contributed by atoms with Crippen molar-refractivity contribution in [2.75, 3.05) is 14.2 Å². The van der Waals surface area contributed by atoms with Crippen LogP contribution in [0.5, 0.6) is 5.75 Å². The first-order valence-electron chi connectivity index (χ1n) is 6.12. The molecule has 1 aromatic carbocycles. The van der Waals surface area contributed by atoms with E-state index in [9.17, 15) is 0 Å². The summed E-state index contributed by atoms with van der Waals surface area (Å²) < 4.78 is 15.7. The third-order valence-corrected chi connectivity index (χ3v) is 2.97. The van der Waals surface area contributed by atoms with E-state index in [1.807, 2.05) is 30.3 Å². The van der Waals surface area contributed by atoms with E-state index in [4.69, 9.17) is 25.5 Å². The fraction of sp³-hybridized carbons (Fsp3) is 0.267. The largest absolute Gasteiger partial charge is 0.497 e. The number of benzene rings is 1. The molecule has 1 aromatic heterocycles. The van der Waals surface area contributed by atoms with Crippen LogP contribution in [0.4, 0.5) is 0 Å². The third-order valence-electron chi connectivity index (χ3n) is 2.73. The highest BCUT2D eigenvalue weighted by Gasteiger charge is 2.10. The average molecular weight is 294 g/mol. The van der Waals surface area contributed by atoms with Crippen LogP contribution in [0.3, 0.4) is 0 Å². The van der Waals surface area contributed by atoms with Crippen molar-refractivity contribution in [3.63, 3.8) is 0 Å². The average Bonchev–Trinajstić information content (AvgIpc) is 2.88. The summed E-state index contributed by atoms with van der Waals surface area (Å²) in [4.78, 5) is 4.33. The van der Waals surface area contributed by atoms with Crippen LogP contribution in [0.2, 0.25) is 0 Å². The van der Waals surface area contributed by atoms with Crippen molar-refractivity contribution >= 4 is 23.8 Å². The number of alkyl halides is 1. The highest BCUT2D eigenvalue weighted by atomic mass is 35.5. The SMILES string of the molecule is COCc1nc(C=Cc2ccc(OC)cc2)oc1CCl. The summed E-state index contributed by atoms with van der Waals surface area (Å²) in [6.07, 6.45) is 3.72. The maximum atomic E-state index is 5.80. The predicted octanol–water partition coefficient (Wildman–Crippen LogP) is 3.74. The second kappa shape index (κ2) is 7.12. The van der Waals surface area contributed by atoms with E-state index in [-0.39, 0.29) is 5.88 Å². The fourth-order valence-electron chi connectivity index (χ4n) is 1.71. The molecule has 0 N–H and O–H groups in total. The molecule has 0 spiro atoms. The zero-order valence-corrected chi connectivity index (χ0v) is 12.2. The van der Waals surface area contributed by atoms with Crippen LogP contribution in [0.15, 0.2) is 28.7 Å². The van der Waals surface area contributed by atoms with Gasteiger partial charge in [-0.15, -0.1) is 11.6 Å². The lowest BCUT2D eigenvalue weighted by molar-refractivity contribution is 0.180. The molecule has 0 amide bonds. The van der Waals surface area contributed by atoms with Gasteiger partial charge in [0.2, 0.25) is 5.89 Å². The standard InChI is InChI=1S/C15H16ClNO3/c1-18-10-13-14(9-16)20-15(17-13)8-5-11-3-6-12(19-2)7-4-11/h3-8H,9-10H2,1-2H3. The molecule has 0 saturated carbocycles. The Bertz CT molecular complexity index is 575. The van der Waals surface area contributed by atoms with E-state index >= 15 is 0 Å². The Morgan fingerprint density at radius 2 is 1.95 bits per heavy atom. The number of methoxy groups -OCH3 is 2. The molecular weight excluding hydrogens is 278 g/mol. The summed E-state index contributed by atoms with van der Waals surface area (Å²) in [6, 6.07) is 7.71. The molecule has 0 aliphatic carbocycles. The van der Waals surface area contributed by atoms with Gasteiger partial charge in [-0.3, -0.25) is 0 Å². The van der Waals surface area contributed by atoms with Crippen LogP contribution < -0.4 is 4.74 Å². The second-order valence-electron chi connectivity index (χ2n) is 4.10. The third kappa shape index (κ3) is 3.62. The van der Waals surface area contributed by atoms with Gasteiger partial charge in [-0.25, -0.2) is 4.98 Å². The summed E-state index contributed by atoms with van der Waals surface area (Å²) in [7, 11) is 3.25. The molecule has 0 fully saturated rings. The van der Waals surface area contributed by atoms with Gasteiger partial charge in [-0.2, -0.15) is 0 Å². The van der Waals surface area contributed by atoms with Gasteiger partial charge in [0.15, 0.2) is 0 Å². The zero-order chi connectivity index (χ0) is 14.4. The van der Waals surface area contributed by atoms with E-state index < -0.39 is 0 Å². The molecule has 0 bridgehead atoms. The van der Waals surface area contributed by atoms with E-state index in [1.54, 1.807) is 20.3 Å². The second-order valence-corrected chi connectivity index (χ2v) is 4.36. The molecule has 0 radical (unpaired) electrons. The molecule has 1 heterocycles. The first kappa shape index (κ1) is 14.6. The minimum Gasteiger partial charge on any atom is -0.497 e. The Hall–Kier alpha value is -1.78. The topological polar surface area (TPSA) is 44.5 Å². The van der Waals surface area contributed by atoms with E-state index in [0.29, 0.717) is 18.3 Å². The molecule has 2 aromatic rings. The van der Waals surface area contributed by atoms with Gasteiger partial charge >= 0.3 is 0 Å². The normalized spacial score (nSPS) is 11.2. The smallest absolute Gasteiger partial charge is 0.219 e. The summed E-state index contributed by atoms with van der Waals surface area (Å²) in [5, 5.41) is 0. The Morgan fingerprint density at radius 1 is 1.20 bits per heavy atom. The van der Waals surface area contributed by atoms with Crippen molar-refractivity contribution in [3.05, 3.63) is 47.2 Å². The van der Waals surface area contributed by atoms with E-state index in [0.717, 1.165) is 17.0 Å². The van der Waals surface area contributed by atoms with Crippen molar-refractivity contribution in [1.29, 1.82) is 0 Å². The Morgan fingerprint density at radius 3 is 2.55 bits per heavy atom. The van der Waals surface area contributed by atoms with Gasteiger partial charge in [0.25, 0.3) is 0 Å². The molecule has 106 valence electrons. The van der Waals surface area contributed by atoms with E-state index in [2.05, 4.69) is 4.98 Å². The van der Waals surface area contributed by atoms with Crippen molar-refractivity contribution in [2.24, 2.45) is 0 Å². The number of hydrogen-bond acceptors (Lipinski definition) is 4. The number of hydrogen-bond donors (Lipinski definition) is 0. The summed E-state index contributed by atoms with van der Waals surface area (Å²) in [5.74, 6) is 2.26. The molecule has 0 saturated heterocycles. The zero-order valence-electron chi connectivity index (χ0n) is 11.4. The van der Waals surface area contributed by atoms with Crippen LogP contribution in [0.25, 0.3) is 12.2 Å². The quantitative estimate of drug-likeness (QED) is 0.761. The molecule has 0 aliphatic heterocycles. The monoisotopic (exact) mass is 293 g/mol. The van der Waals surface area contributed by atoms with Crippen LogP contribution in [0.1, 0.15) is 22.9 Å². The number of oxazole rings is 1. The van der Waals surface area contributed by atoms with Gasteiger partial charge in [0.05, 0.1) is 19.6 Å². The van der Waals surface area contributed by atoms with Crippen molar-refractivity contribution in [3.8, 4) is 5.75 Å².